The topological polar surface area (TPSA) is 28.2 Å². The van der Waals surface area contributed by atoms with Crippen LogP contribution >= 0.6 is 40.7 Å². The van der Waals surface area contributed by atoms with E-state index in [4.69, 9.17) is 0 Å². The second-order valence-electron chi connectivity index (χ2n) is 4.58. The van der Waals surface area contributed by atoms with Crippen molar-refractivity contribution in [2.45, 2.75) is 18.9 Å². The van der Waals surface area contributed by atoms with Gasteiger partial charge in [0.25, 0.3) is 0 Å². The zero-order valence-electron chi connectivity index (χ0n) is 11.4. The molecule has 1 N–H and O–H groups in total. The lowest BCUT2D eigenvalue weighted by Gasteiger charge is -2.35. The minimum atomic E-state index is 0. The molecule has 1 aromatic rings. The van der Waals surface area contributed by atoms with Crippen LogP contribution in [0.15, 0.2) is 35.6 Å². The second-order valence-corrected chi connectivity index (χ2v) is 5.39. The summed E-state index contributed by atoms with van der Waals surface area (Å²) in [6, 6.07) is 4.66. The molecule has 3 nitrogen and oxygen atoms in total. The van der Waals surface area contributed by atoms with Crippen LogP contribution in [0.3, 0.4) is 0 Å². The predicted octanol–water partition coefficient (Wildman–Crippen LogP) is 3.60. The van der Waals surface area contributed by atoms with E-state index in [0.717, 1.165) is 43.6 Å². The Balaban J connectivity index is 0.00000180. The molecule has 0 saturated carbocycles. The molecule has 1 aromatic heterocycles. The van der Waals surface area contributed by atoms with Gasteiger partial charge < -0.3 is 5.32 Å². The lowest BCUT2D eigenvalue weighted by molar-refractivity contribution is 0.166. The molecular weight excluding hydrogens is 361 g/mol. The number of pyridine rings is 1. The van der Waals surface area contributed by atoms with Gasteiger partial charge in [0.1, 0.15) is 4.60 Å². The third kappa shape index (κ3) is 5.70. The van der Waals surface area contributed by atoms with Crippen molar-refractivity contribution in [1.82, 2.24) is 15.2 Å². The van der Waals surface area contributed by atoms with Crippen LogP contribution in [0.4, 0.5) is 0 Å². The molecule has 1 atom stereocenters. The van der Waals surface area contributed by atoms with Crippen molar-refractivity contribution in [2.75, 3.05) is 26.2 Å². The van der Waals surface area contributed by atoms with Gasteiger partial charge in [-0.1, -0.05) is 12.1 Å². The Morgan fingerprint density at radius 1 is 1.35 bits per heavy atom. The number of hydrogen-bond acceptors (Lipinski definition) is 3. The lowest BCUT2D eigenvalue weighted by Crippen LogP contribution is -2.45. The predicted molar refractivity (Wildman–Crippen MR) is 93.0 cm³/mol. The van der Waals surface area contributed by atoms with Crippen molar-refractivity contribution in [1.29, 1.82) is 0 Å². The maximum Gasteiger partial charge on any atom is 0.106 e. The van der Waals surface area contributed by atoms with Crippen molar-refractivity contribution < 1.29 is 0 Å². The molecule has 1 fully saturated rings. The normalized spacial score (nSPS) is 16.6. The van der Waals surface area contributed by atoms with Crippen LogP contribution < -0.4 is 5.32 Å². The molecular formula is C14H22BrCl2N3. The monoisotopic (exact) mass is 381 g/mol. The highest BCUT2D eigenvalue weighted by Crippen LogP contribution is 2.26. The molecule has 6 heteroatoms. The quantitative estimate of drug-likeness (QED) is 0.622. The molecule has 0 bridgehead atoms. The van der Waals surface area contributed by atoms with Crippen LogP contribution in [-0.2, 0) is 0 Å². The van der Waals surface area contributed by atoms with Crippen LogP contribution in [0, 0.1) is 0 Å². The van der Waals surface area contributed by atoms with E-state index < -0.39 is 0 Å². The minimum Gasteiger partial charge on any atom is -0.314 e. The van der Waals surface area contributed by atoms with Gasteiger partial charge in [0.2, 0.25) is 0 Å². The van der Waals surface area contributed by atoms with E-state index in [1.54, 1.807) is 0 Å². The first kappa shape index (κ1) is 19.9. The summed E-state index contributed by atoms with van der Waals surface area (Å²) in [7, 11) is 0. The van der Waals surface area contributed by atoms with E-state index in [2.05, 4.69) is 43.8 Å². The van der Waals surface area contributed by atoms with Gasteiger partial charge in [0, 0.05) is 38.4 Å². The number of aromatic nitrogens is 1. The van der Waals surface area contributed by atoms with Gasteiger partial charge in [0.15, 0.2) is 0 Å². The Labute approximate surface area is 142 Å². The first-order valence-electron chi connectivity index (χ1n) is 6.48. The van der Waals surface area contributed by atoms with Crippen molar-refractivity contribution in [3.05, 3.63) is 41.2 Å². The van der Waals surface area contributed by atoms with Crippen molar-refractivity contribution >= 4 is 40.7 Å². The Kier molecular flexibility index (Phi) is 10.5. The van der Waals surface area contributed by atoms with E-state index in [-0.39, 0.29) is 24.8 Å². The number of halogens is 3. The number of nitrogens with zero attached hydrogens (tertiary/aromatic N) is 2. The summed E-state index contributed by atoms with van der Waals surface area (Å²) in [6.07, 6.45) is 6.15. The Hall–Kier alpha value is -0.130. The largest absolute Gasteiger partial charge is 0.314 e. The van der Waals surface area contributed by atoms with E-state index in [1.807, 2.05) is 18.3 Å². The van der Waals surface area contributed by atoms with Gasteiger partial charge in [-0.05, 0) is 40.4 Å². The molecule has 1 saturated heterocycles. The van der Waals surface area contributed by atoms with E-state index >= 15 is 0 Å². The summed E-state index contributed by atoms with van der Waals surface area (Å²) in [5.74, 6) is 0. The number of piperazine rings is 1. The summed E-state index contributed by atoms with van der Waals surface area (Å²) >= 11 is 3.39. The van der Waals surface area contributed by atoms with Gasteiger partial charge in [0.05, 0.1) is 0 Å². The zero-order valence-corrected chi connectivity index (χ0v) is 14.6. The Morgan fingerprint density at radius 2 is 2.05 bits per heavy atom. The van der Waals surface area contributed by atoms with E-state index in [1.165, 1.54) is 5.56 Å². The average molecular weight is 383 g/mol. The first-order valence-corrected chi connectivity index (χ1v) is 7.27. The van der Waals surface area contributed by atoms with E-state index in [9.17, 15) is 0 Å². The van der Waals surface area contributed by atoms with Gasteiger partial charge in [-0.25, -0.2) is 4.98 Å². The molecule has 0 spiro atoms. The molecule has 114 valence electrons. The molecule has 0 aliphatic carbocycles. The maximum absolute atomic E-state index is 4.35. The Morgan fingerprint density at radius 3 is 2.60 bits per heavy atom. The smallest absolute Gasteiger partial charge is 0.106 e. The van der Waals surface area contributed by atoms with Crippen LogP contribution in [0.25, 0.3) is 0 Å². The molecule has 0 unspecified atom stereocenters. The van der Waals surface area contributed by atoms with Crippen LogP contribution in [0.2, 0.25) is 0 Å². The molecule has 0 radical (unpaired) electrons. The fourth-order valence-electron chi connectivity index (χ4n) is 2.41. The molecule has 2 heterocycles. The van der Waals surface area contributed by atoms with Gasteiger partial charge in [-0.3, -0.25) is 4.90 Å². The number of nitrogens with one attached hydrogen (secondary N) is 1. The van der Waals surface area contributed by atoms with Crippen LogP contribution in [0.5, 0.6) is 0 Å². The van der Waals surface area contributed by atoms with Gasteiger partial charge in [-0.15, -0.1) is 31.4 Å². The second kappa shape index (κ2) is 10.6. The number of rotatable bonds is 5. The summed E-state index contributed by atoms with van der Waals surface area (Å²) in [5.41, 5.74) is 1.31. The first-order chi connectivity index (χ1) is 8.81. The molecule has 1 aliphatic heterocycles. The Bertz CT molecular complexity index is 381. The van der Waals surface area contributed by atoms with Gasteiger partial charge >= 0.3 is 0 Å². The minimum absolute atomic E-state index is 0. The standard InChI is InChI=1S/C14H20BrN3.2ClH/c1-2-3-4-13(18-9-7-16-8-10-18)12-5-6-14(15)17-11-12;;/h2,5-6,11,13,16H,1,3-4,7-10H2;2*1H/t13-;;/m0../s1. The van der Waals surface area contributed by atoms with Crippen molar-refractivity contribution in [3.63, 3.8) is 0 Å². The van der Waals surface area contributed by atoms with Crippen molar-refractivity contribution in [3.8, 4) is 0 Å². The highest BCUT2D eigenvalue weighted by Gasteiger charge is 2.21. The summed E-state index contributed by atoms with van der Waals surface area (Å²) in [6.45, 7) is 8.21. The third-order valence-corrected chi connectivity index (χ3v) is 3.84. The lowest BCUT2D eigenvalue weighted by atomic mass is 10.0. The molecule has 0 aromatic carbocycles. The zero-order chi connectivity index (χ0) is 12.8. The molecule has 1 aliphatic rings. The molecule has 20 heavy (non-hydrogen) atoms. The summed E-state index contributed by atoms with van der Waals surface area (Å²) in [5, 5.41) is 3.40. The van der Waals surface area contributed by atoms with Crippen LogP contribution in [-0.4, -0.2) is 36.1 Å². The number of allylic oxidation sites excluding steroid dienone is 1. The fraction of sp³-hybridized carbons (Fsp3) is 0.500. The summed E-state index contributed by atoms with van der Waals surface area (Å²) < 4.78 is 0.897. The van der Waals surface area contributed by atoms with Crippen molar-refractivity contribution in [2.24, 2.45) is 0 Å². The molecule has 0 amide bonds. The maximum atomic E-state index is 4.35. The highest BCUT2D eigenvalue weighted by atomic mass is 79.9. The molecule has 2 rings (SSSR count). The third-order valence-electron chi connectivity index (χ3n) is 3.37. The SMILES string of the molecule is C=CCC[C@@H](c1ccc(Br)nc1)N1CCNCC1.Cl.Cl. The summed E-state index contributed by atoms with van der Waals surface area (Å²) in [4.78, 5) is 6.90. The highest BCUT2D eigenvalue weighted by molar-refractivity contribution is 9.10. The average Bonchev–Trinajstić information content (AvgIpc) is 2.42. The van der Waals surface area contributed by atoms with Gasteiger partial charge in [-0.2, -0.15) is 0 Å². The van der Waals surface area contributed by atoms with Crippen LogP contribution in [0.1, 0.15) is 24.4 Å². The fourth-order valence-corrected chi connectivity index (χ4v) is 2.65. The number of hydrogen-bond donors (Lipinski definition) is 1. The van der Waals surface area contributed by atoms with E-state index in [0.29, 0.717) is 6.04 Å².